The Kier molecular flexibility index (Phi) is 9.73. The lowest BCUT2D eigenvalue weighted by atomic mass is 9.91. The first-order valence-electron chi connectivity index (χ1n) is 16.6. The number of nitrogens with one attached hydrogen (secondary N) is 3. The summed E-state index contributed by atoms with van der Waals surface area (Å²) >= 11 is 6.36. The fraction of sp³-hybridized carbons (Fsp3) is 0.424. The minimum atomic E-state index is -4.27. The molecule has 0 radical (unpaired) electrons. The van der Waals surface area contributed by atoms with Crippen LogP contribution in [0.1, 0.15) is 45.3 Å². The van der Waals surface area contributed by atoms with Crippen molar-refractivity contribution in [3.05, 3.63) is 83.7 Å². The third kappa shape index (κ3) is 6.74. The van der Waals surface area contributed by atoms with Gasteiger partial charge in [-0.3, -0.25) is 13.9 Å². The molecule has 0 spiro atoms. The molecule has 5 aromatic rings. The van der Waals surface area contributed by atoms with Crippen molar-refractivity contribution < 1.29 is 32.3 Å². The number of aromatic nitrogens is 8. The summed E-state index contributed by atoms with van der Waals surface area (Å²) in [6.07, 6.45) is -1.85. The van der Waals surface area contributed by atoms with E-state index in [0.717, 1.165) is 5.56 Å². The first-order chi connectivity index (χ1) is 24.9. The van der Waals surface area contributed by atoms with Gasteiger partial charge < -0.3 is 19.3 Å². The number of ether oxygens (including phenoxy) is 2. The molecule has 52 heavy (non-hydrogen) atoms. The largest absolute Gasteiger partial charge is 0.462 e. The zero-order chi connectivity index (χ0) is 36.7. The SMILES string of the molecule is CC(C)OC(=O)[C@H](C)NP(=O)(OC[C@H]1C2(C)O[C@@H](n3cnc4c(NCc5ccccc5)nc(Cl)nc43)C(F)C12Cc1nn[nH]n1)Oc1ccccc1. The fourth-order valence-electron chi connectivity index (χ4n) is 6.92. The number of halogens is 2. The summed E-state index contributed by atoms with van der Waals surface area (Å²) in [7, 11) is -4.27. The van der Waals surface area contributed by atoms with Crippen molar-refractivity contribution in [2.24, 2.45) is 11.3 Å². The standard InChI is InChI=1S/C33H37ClFN10O6P/c1-19(2)49-30(46)20(3)42-52(47,51-22-13-9-6-10-14-22)48-17-23-32(4)33(23,15-24-40-43-44-41-24)26(35)29(50-32)45-18-37-25-27(38-31(34)39-28(25)45)36-16-21-11-7-5-8-12-21/h5-14,18-20,23,26,29H,15-17H2,1-4H3,(H,42,47)(H,36,38,39)(H,40,41,43,44)/t20-,23-,26?,29+,32?,33?,52?/m0/s1. The van der Waals surface area contributed by atoms with Crippen molar-refractivity contribution in [3.8, 4) is 5.75 Å². The van der Waals surface area contributed by atoms with Crippen molar-refractivity contribution in [2.75, 3.05) is 11.9 Å². The Morgan fingerprint density at radius 2 is 1.87 bits per heavy atom. The maximum absolute atomic E-state index is 17.2. The Morgan fingerprint density at radius 1 is 1.13 bits per heavy atom. The molecule has 1 aliphatic heterocycles. The number of hydrogen-bond donors (Lipinski definition) is 3. The van der Waals surface area contributed by atoms with Gasteiger partial charge in [0.1, 0.15) is 11.8 Å². The van der Waals surface area contributed by atoms with E-state index in [1.807, 2.05) is 30.3 Å². The molecular formula is C33H37ClFN10O6P. The minimum Gasteiger partial charge on any atom is -0.462 e. The van der Waals surface area contributed by atoms with Gasteiger partial charge in [-0.1, -0.05) is 53.7 Å². The molecule has 19 heteroatoms. The van der Waals surface area contributed by atoms with Crippen LogP contribution >= 0.6 is 19.3 Å². The maximum atomic E-state index is 17.2. The minimum absolute atomic E-state index is 0.00628. The van der Waals surface area contributed by atoms with Crippen LogP contribution in [0.5, 0.6) is 5.75 Å². The third-order valence-corrected chi connectivity index (χ3v) is 11.3. The van der Waals surface area contributed by atoms with E-state index in [2.05, 4.69) is 46.0 Å². The number of imidazole rings is 1. The number of fused-ring (bicyclic) bond motifs is 2. The molecule has 7 atom stereocenters. The number of alkyl halides is 1. The number of tetrazole rings is 1. The lowest BCUT2D eigenvalue weighted by Crippen LogP contribution is -2.36. The number of nitrogens with zero attached hydrogens (tertiary/aromatic N) is 7. The number of hydrogen-bond acceptors (Lipinski definition) is 13. The molecule has 3 N–H and O–H groups in total. The highest BCUT2D eigenvalue weighted by atomic mass is 35.5. The van der Waals surface area contributed by atoms with Crippen LogP contribution in [0.4, 0.5) is 10.2 Å². The van der Waals surface area contributed by atoms with Crippen molar-refractivity contribution >= 4 is 42.3 Å². The molecule has 3 aromatic heterocycles. The Labute approximate surface area is 302 Å². The van der Waals surface area contributed by atoms with Crippen molar-refractivity contribution in [1.29, 1.82) is 0 Å². The number of para-hydroxylation sites is 1. The van der Waals surface area contributed by atoms with Crippen LogP contribution in [-0.4, -0.2) is 76.6 Å². The predicted octanol–water partition coefficient (Wildman–Crippen LogP) is 5.22. The van der Waals surface area contributed by atoms with Crippen LogP contribution in [0.3, 0.4) is 0 Å². The predicted molar refractivity (Wildman–Crippen MR) is 186 cm³/mol. The molecule has 4 unspecified atom stereocenters. The quantitative estimate of drug-likeness (QED) is 0.0715. The van der Waals surface area contributed by atoms with E-state index in [9.17, 15) is 9.36 Å². The molecule has 2 fully saturated rings. The Balaban J connectivity index is 1.16. The number of anilines is 1. The van der Waals surface area contributed by atoms with Gasteiger partial charge in [0, 0.05) is 18.9 Å². The van der Waals surface area contributed by atoms with E-state index in [1.165, 1.54) is 17.8 Å². The zero-order valence-electron chi connectivity index (χ0n) is 28.6. The topological polar surface area (TPSA) is 193 Å². The van der Waals surface area contributed by atoms with Gasteiger partial charge in [-0.15, -0.1) is 10.2 Å². The van der Waals surface area contributed by atoms with Crippen molar-refractivity contribution in [2.45, 2.75) is 70.8 Å². The Morgan fingerprint density at radius 3 is 2.56 bits per heavy atom. The van der Waals surface area contributed by atoms with Crippen LogP contribution in [0, 0.1) is 11.3 Å². The van der Waals surface area contributed by atoms with Gasteiger partial charge in [-0.05, 0) is 57.0 Å². The monoisotopic (exact) mass is 754 g/mol. The van der Waals surface area contributed by atoms with Crippen LogP contribution < -0.4 is 14.9 Å². The molecule has 1 aliphatic carbocycles. The summed E-state index contributed by atoms with van der Waals surface area (Å²) < 4.78 is 56.7. The average molecular weight is 755 g/mol. The van der Waals surface area contributed by atoms with Crippen LogP contribution in [-0.2, 0) is 36.3 Å². The van der Waals surface area contributed by atoms with Crippen molar-refractivity contribution in [1.82, 2.24) is 45.2 Å². The van der Waals surface area contributed by atoms with E-state index in [4.69, 9.17) is 30.1 Å². The number of esters is 1. The van der Waals surface area contributed by atoms with Crippen LogP contribution in [0.15, 0.2) is 67.0 Å². The molecule has 2 aliphatic rings. The van der Waals surface area contributed by atoms with Gasteiger partial charge in [0.15, 0.2) is 35.2 Å². The molecule has 4 heterocycles. The van der Waals surface area contributed by atoms with Gasteiger partial charge in [-0.25, -0.2) is 13.9 Å². The average Bonchev–Trinajstić information content (AvgIpc) is 3.61. The van der Waals surface area contributed by atoms with E-state index in [0.29, 0.717) is 17.9 Å². The van der Waals surface area contributed by atoms with Gasteiger partial charge in [0.2, 0.25) is 5.28 Å². The van der Waals surface area contributed by atoms with Gasteiger partial charge in [0.05, 0.1) is 30.1 Å². The number of rotatable bonds is 15. The third-order valence-electron chi connectivity index (χ3n) is 9.48. The van der Waals surface area contributed by atoms with Gasteiger partial charge in [0.25, 0.3) is 0 Å². The molecule has 274 valence electrons. The first kappa shape index (κ1) is 35.8. The Bertz CT molecular complexity index is 2080. The molecule has 0 bridgehead atoms. The summed E-state index contributed by atoms with van der Waals surface area (Å²) in [6.45, 7) is 6.80. The van der Waals surface area contributed by atoms with Crippen LogP contribution in [0.2, 0.25) is 5.28 Å². The lowest BCUT2D eigenvalue weighted by Gasteiger charge is -2.26. The highest BCUT2D eigenvalue weighted by molar-refractivity contribution is 7.52. The molecule has 1 saturated carbocycles. The smallest absolute Gasteiger partial charge is 0.459 e. The molecule has 7 rings (SSSR count). The van der Waals surface area contributed by atoms with E-state index in [1.54, 1.807) is 51.1 Å². The highest BCUT2D eigenvalue weighted by Gasteiger charge is 2.85. The molecular weight excluding hydrogens is 718 g/mol. The fourth-order valence-corrected chi connectivity index (χ4v) is 8.59. The number of carbonyl (C=O) groups is 1. The zero-order valence-corrected chi connectivity index (χ0v) is 30.3. The first-order valence-corrected chi connectivity index (χ1v) is 18.5. The molecule has 1 saturated heterocycles. The van der Waals surface area contributed by atoms with Crippen LogP contribution in [0.25, 0.3) is 11.2 Å². The van der Waals surface area contributed by atoms with E-state index >= 15 is 4.39 Å². The number of aromatic amines is 1. The highest BCUT2D eigenvalue weighted by Crippen LogP contribution is 2.75. The maximum Gasteiger partial charge on any atom is 0.459 e. The normalized spacial score (nSPS) is 25.4. The van der Waals surface area contributed by atoms with Crippen molar-refractivity contribution in [3.63, 3.8) is 0 Å². The van der Waals surface area contributed by atoms with E-state index in [-0.39, 0.29) is 35.5 Å². The van der Waals surface area contributed by atoms with Gasteiger partial charge >= 0.3 is 13.7 Å². The summed E-state index contributed by atoms with van der Waals surface area (Å²) in [5.41, 5.74) is -0.800. The summed E-state index contributed by atoms with van der Waals surface area (Å²) in [6, 6.07) is 17.0. The Hall–Kier alpha value is -4.54. The second-order valence-corrected chi connectivity index (χ2v) is 15.2. The molecule has 2 aromatic carbocycles. The number of H-pyrrole nitrogens is 1. The molecule has 16 nitrogen and oxygen atoms in total. The number of benzene rings is 2. The lowest BCUT2D eigenvalue weighted by molar-refractivity contribution is -0.149. The summed E-state index contributed by atoms with van der Waals surface area (Å²) in [5, 5.41) is 20.1. The summed E-state index contributed by atoms with van der Waals surface area (Å²) in [4.78, 5) is 25.9. The number of carbonyl (C=O) groups excluding carboxylic acids is 1. The molecule has 0 amide bonds. The second kappa shape index (κ2) is 14.1. The van der Waals surface area contributed by atoms with Gasteiger partial charge in [-0.2, -0.15) is 20.3 Å². The summed E-state index contributed by atoms with van der Waals surface area (Å²) in [5.74, 6) is -0.460. The second-order valence-electron chi connectivity index (χ2n) is 13.2. The van der Waals surface area contributed by atoms with E-state index < -0.39 is 55.2 Å².